The van der Waals surface area contributed by atoms with Gasteiger partial charge in [0.2, 0.25) is 0 Å². The Morgan fingerprint density at radius 2 is 1.86 bits per heavy atom. The van der Waals surface area contributed by atoms with Crippen molar-refractivity contribution < 1.29 is 19.4 Å². The summed E-state index contributed by atoms with van der Waals surface area (Å²) in [6.45, 7) is 0. The second-order valence-electron chi connectivity index (χ2n) is 7.29. The van der Waals surface area contributed by atoms with E-state index in [0.29, 0.717) is 29.4 Å². The van der Waals surface area contributed by atoms with Gasteiger partial charge in [0.25, 0.3) is 0 Å². The molecule has 29 heavy (non-hydrogen) atoms. The van der Waals surface area contributed by atoms with Gasteiger partial charge < -0.3 is 10.2 Å². The Bertz CT molecular complexity index is 1250. The topological polar surface area (TPSA) is 70.4 Å². The van der Waals surface area contributed by atoms with Gasteiger partial charge in [-0.1, -0.05) is 30.3 Å². The van der Waals surface area contributed by atoms with Crippen molar-refractivity contribution in [3.63, 3.8) is 0 Å². The van der Waals surface area contributed by atoms with Crippen molar-refractivity contribution in [3.05, 3.63) is 81.9 Å². The summed E-state index contributed by atoms with van der Waals surface area (Å²) in [5.74, 6) is -1.85. The van der Waals surface area contributed by atoms with E-state index in [1.807, 2.05) is 22.9 Å². The molecule has 6 heteroatoms. The standard InChI is InChI=1S/C23H16FNO3S/c24-15-6-4-14(5-7-15)23(9-10-23)21-20(26)18(22(27)28)17-3-1-2-16(19(17)25-21)13-8-11-29-12-13/h1-8,11-12,26H,9-10H2,(H,27,28). The largest absolute Gasteiger partial charge is 0.505 e. The van der Waals surface area contributed by atoms with Crippen LogP contribution in [0.4, 0.5) is 4.39 Å². The van der Waals surface area contributed by atoms with Gasteiger partial charge in [-0.3, -0.25) is 0 Å². The van der Waals surface area contributed by atoms with Crippen molar-refractivity contribution in [2.75, 3.05) is 0 Å². The van der Waals surface area contributed by atoms with Crippen LogP contribution < -0.4 is 0 Å². The van der Waals surface area contributed by atoms with Gasteiger partial charge >= 0.3 is 5.97 Å². The van der Waals surface area contributed by atoms with Crippen LogP contribution in [0.1, 0.15) is 34.5 Å². The maximum atomic E-state index is 13.4. The van der Waals surface area contributed by atoms with E-state index >= 15 is 0 Å². The molecule has 0 atom stereocenters. The highest BCUT2D eigenvalue weighted by Crippen LogP contribution is 2.56. The first kappa shape index (κ1) is 17.8. The third-order valence-corrected chi connectivity index (χ3v) is 6.32. The predicted molar refractivity (Wildman–Crippen MR) is 110 cm³/mol. The fourth-order valence-electron chi connectivity index (χ4n) is 4.03. The molecule has 2 N–H and O–H groups in total. The summed E-state index contributed by atoms with van der Waals surface area (Å²) < 4.78 is 13.4. The lowest BCUT2D eigenvalue weighted by atomic mass is 9.88. The minimum absolute atomic E-state index is 0.143. The number of rotatable bonds is 4. The minimum atomic E-state index is -1.20. The van der Waals surface area contributed by atoms with Crippen LogP contribution >= 0.6 is 11.3 Å². The zero-order valence-electron chi connectivity index (χ0n) is 15.2. The van der Waals surface area contributed by atoms with E-state index in [9.17, 15) is 19.4 Å². The molecule has 0 unspecified atom stereocenters. The fraction of sp³-hybridized carbons (Fsp3) is 0.130. The maximum absolute atomic E-state index is 13.4. The van der Waals surface area contributed by atoms with Crippen LogP contribution in [0.15, 0.2) is 59.3 Å². The molecule has 2 aromatic heterocycles. The first-order chi connectivity index (χ1) is 14.0. The van der Waals surface area contributed by atoms with Crippen LogP contribution in [0.2, 0.25) is 0 Å². The number of thiophene rings is 1. The smallest absolute Gasteiger partial charge is 0.340 e. The minimum Gasteiger partial charge on any atom is -0.505 e. The molecular weight excluding hydrogens is 389 g/mol. The molecule has 0 spiro atoms. The molecule has 144 valence electrons. The van der Waals surface area contributed by atoms with E-state index in [1.165, 1.54) is 12.1 Å². The molecule has 0 saturated heterocycles. The van der Waals surface area contributed by atoms with Crippen molar-refractivity contribution in [2.24, 2.45) is 0 Å². The van der Waals surface area contributed by atoms with E-state index in [2.05, 4.69) is 0 Å². The van der Waals surface area contributed by atoms with E-state index in [0.717, 1.165) is 16.7 Å². The molecule has 1 aliphatic rings. The van der Waals surface area contributed by atoms with Crippen LogP contribution in [0.25, 0.3) is 22.0 Å². The molecule has 0 bridgehead atoms. The van der Waals surface area contributed by atoms with Crippen molar-refractivity contribution in [1.82, 2.24) is 4.98 Å². The zero-order chi connectivity index (χ0) is 20.2. The van der Waals surface area contributed by atoms with Crippen LogP contribution in [-0.2, 0) is 5.41 Å². The number of hydrogen-bond donors (Lipinski definition) is 2. The number of aromatic carboxylic acids is 1. The summed E-state index contributed by atoms with van der Waals surface area (Å²) >= 11 is 1.55. The number of aromatic nitrogens is 1. The first-order valence-electron chi connectivity index (χ1n) is 9.19. The fourth-order valence-corrected chi connectivity index (χ4v) is 4.69. The lowest BCUT2D eigenvalue weighted by molar-refractivity contribution is 0.0695. The highest BCUT2D eigenvalue weighted by molar-refractivity contribution is 7.08. The average Bonchev–Trinajstić information content (AvgIpc) is 3.32. The Morgan fingerprint density at radius 1 is 1.10 bits per heavy atom. The van der Waals surface area contributed by atoms with Gasteiger partial charge in [-0.2, -0.15) is 11.3 Å². The second kappa shape index (κ2) is 6.39. The van der Waals surface area contributed by atoms with Gasteiger partial charge in [-0.05, 0) is 52.9 Å². The number of carbonyl (C=O) groups is 1. The van der Waals surface area contributed by atoms with Crippen molar-refractivity contribution in [1.29, 1.82) is 0 Å². The maximum Gasteiger partial charge on any atom is 0.340 e. The van der Waals surface area contributed by atoms with Gasteiger partial charge in [0.1, 0.15) is 11.4 Å². The van der Waals surface area contributed by atoms with Gasteiger partial charge in [0, 0.05) is 16.4 Å². The highest BCUT2D eigenvalue weighted by Gasteiger charge is 2.50. The van der Waals surface area contributed by atoms with Crippen LogP contribution in [0, 0.1) is 5.82 Å². The van der Waals surface area contributed by atoms with Gasteiger partial charge in [-0.25, -0.2) is 14.2 Å². The van der Waals surface area contributed by atoms with E-state index in [4.69, 9.17) is 4.98 Å². The molecule has 0 radical (unpaired) electrons. The number of carboxylic acid groups (broad SMARTS) is 1. The third-order valence-electron chi connectivity index (χ3n) is 5.64. The van der Waals surface area contributed by atoms with Gasteiger partial charge in [0.05, 0.1) is 11.2 Å². The van der Waals surface area contributed by atoms with Gasteiger partial charge in [0.15, 0.2) is 5.75 Å². The number of hydrogen-bond acceptors (Lipinski definition) is 4. The summed E-state index contributed by atoms with van der Waals surface area (Å²) in [4.78, 5) is 16.9. The summed E-state index contributed by atoms with van der Waals surface area (Å²) in [6, 6.07) is 13.4. The lowest BCUT2D eigenvalue weighted by Gasteiger charge is -2.20. The number of fused-ring (bicyclic) bond motifs is 1. The number of pyridine rings is 1. The zero-order valence-corrected chi connectivity index (χ0v) is 16.0. The molecule has 0 aliphatic heterocycles. The van der Waals surface area contributed by atoms with Gasteiger partial charge in [-0.15, -0.1) is 0 Å². The molecule has 2 aromatic carbocycles. The second-order valence-corrected chi connectivity index (χ2v) is 8.07. The Kier molecular flexibility index (Phi) is 3.93. The molecule has 4 aromatic rings. The molecule has 5 rings (SSSR count). The molecule has 2 heterocycles. The summed E-state index contributed by atoms with van der Waals surface area (Å²) in [5, 5.41) is 25.2. The quantitative estimate of drug-likeness (QED) is 0.465. The lowest BCUT2D eigenvalue weighted by Crippen LogP contribution is -2.14. The molecule has 1 aliphatic carbocycles. The Morgan fingerprint density at radius 3 is 2.48 bits per heavy atom. The summed E-state index contributed by atoms with van der Waals surface area (Å²) in [6.07, 6.45) is 1.43. The van der Waals surface area contributed by atoms with Crippen molar-refractivity contribution >= 4 is 28.2 Å². The monoisotopic (exact) mass is 405 g/mol. The van der Waals surface area contributed by atoms with Crippen LogP contribution in [0.3, 0.4) is 0 Å². The average molecular weight is 405 g/mol. The molecule has 0 amide bonds. The van der Waals surface area contributed by atoms with E-state index in [-0.39, 0.29) is 17.1 Å². The summed E-state index contributed by atoms with van der Waals surface area (Å²) in [7, 11) is 0. The molecule has 1 fully saturated rings. The number of nitrogens with zero attached hydrogens (tertiary/aromatic N) is 1. The highest BCUT2D eigenvalue weighted by atomic mass is 32.1. The number of benzene rings is 2. The normalized spacial score (nSPS) is 14.8. The third kappa shape index (κ3) is 2.71. The number of aromatic hydroxyl groups is 1. The van der Waals surface area contributed by atoms with E-state index in [1.54, 1.807) is 35.6 Å². The van der Waals surface area contributed by atoms with Crippen molar-refractivity contribution in [2.45, 2.75) is 18.3 Å². The Labute approximate surface area is 169 Å². The van der Waals surface area contributed by atoms with Crippen LogP contribution in [-0.4, -0.2) is 21.2 Å². The predicted octanol–water partition coefficient (Wildman–Crippen LogP) is 5.59. The number of para-hydroxylation sites is 1. The van der Waals surface area contributed by atoms with E-state index < -0.39 is 11.4 Å². The Balaban J connectivity index is 1.83. The van der Waals surface area contributed by atoms with Crippen molar-refractivity contribution in [3.8, 4) is 16.9 Å². The number of carboxylic acids is 1. The molecular formula is C23H16FNO3S. The number of halogens is 1. The summed E-state index contributed by atoms with van der Waals surface area (Å²) in [5.41, 5.74) is 2.75. The molecule has 4 nitrogen and oxygen atoms in total. The van der Waals surface area contributed by atoms with Crippen LogP contribution in [0.5, 0.6) is 5.75 Å². The Hall–Kier alpha value is -3.25. The SMILES string of the molecule is O=C(O)c1c(O)c(C2(c3ccc(F)cc3)CC2)nc2c(-c3ccsc3)cccc12. The molecule has 1 saturated carbocycles. The first-order valence-corrected chi connectivity index (χ1v) is 10.1.